The average Bonchev–Trinajstić information content (AvgIpc) is 3.35. The fourth-order valence-electron chi connectivity index (χ4n) is 4.75. The summed E-state index contributed by atoms with van der Waals surface area (Å²) in [5.74, 6) is -1.12. The molecule has 1 N–H and O–H groups in total. The van der Waals surface area contributed by atoms with Crippen LogP contribution in [-0.4, -0.2) is 33.8 Å². The van der Waals surface area contributed by atoms with Gasteiger partial charge in [0.2, 0.25) is 5.91 Å². The molecule has 7 heteroatoms. The second kappa shape index (κ2) is 9.71. The predicted molar refractivity (Wildman–Crippen MR) is 149 cm³/mol. The molecule has 0 saturated carbocycles. The smallest absolute Gasteiger partial charge is 0.305 e. The zero-order chi connectivity index (χ0) is 25.4. The van der Waals surface area contributed by atoms with Crippen molar-refractivity contribution in [1.82, 2.24) is 4.98 Å². The fourth-order valence-corrected chi connectivity index (χ4v) is 6.88. The summed E-state index contributed by atoms with van der Waals surface area (Å²) in [6, 6.07) is 20.6. The Morgan fingerprint density at radius 2 is 1.83 bits per heavy atom. The highest BCUT2D eigenvalue weighted by atomic mass is 32.2. The number of rotatable bonds is 5. The van der Waals surface area contributed by atoms with Gasteiger partial charge in [0, 0.05) is 29.4 Å². The van der Waals surface area contributed by atoms with Gasteiger partial charge in [-0.1, -0.05) is 63.2 Å². The summed E-state index contributed by atoms with van der Waals surface area (Å²) in [4.78, 5) is 32.1. The Morgan fingerprint density at radius 3 is 2.56 bits per heavy atom. The Labute approximate surface area is 219 Å². The molecule has 3 aromatic carbocycles. The van der Waals surface area contributed by atoms with E-state index >= 15 is 0 Å². The molecular formula is C29H28N2O3S2. The maximum atomic E-state index is 13.9. The Bertz CT molecular complexity index is 1420. The summed E-state index contributed by atoms with van der Waals surface area (Å²) in [6.45, 7) is 6.78. The highest BCUT2D eigenvalue weighted by Gasteiger charge is 2.39. The molecule has 0 fully saturated rings. The van der Waals surface area contributed by atoms with Gasteiger partial charge < -0.3 is 10.0 Å². The van der Waals surface area contributed by atoms with E-state index in [1.165, 1.54) is 11.8 Å². The average molecular weight is 517 g/mol. The summed E-state index contributed by atoms with van der Waals surface area (Å²) < 4.78 is 0. The summed E-state index contributed by atoms with van der Waals surface area (Å²) in [7, 11) is 0. The SMILES string of the molecule is CC(C)(C)CN1C(=O)[C@H](CC(=O)O)S[C@@H](c2cccc3ccccc23)c2cc(-c3nccs3)ccc21. The number of hydrogen-bond acceptors (Lipinski definition) is 5. The van der Waals surface area contributed by atoms with Crippen LogP contribution in [0.25, 0.3) is 21.3 Å². The lowest BCUT2D eigenvalue weighted by Gasteiger charge is -2.31. The highest BCUT2D eigenvalue weighted by Crippen LogP contribution is 2.49. The number of carboxylic acid groups (broad SMARTS) is 1. The van der Waals surface area contributed by atoms with Crippen LogP contribution in [0.5, 0.6) is 0 Å². The van der Waals surface area contributed by atoms with Gasteiger partial charge >= 0.3 is 5.97 Å². The molecule has 5 nitrogen and oxygen atoms in total. The van der Waals surface area contributed by atoms with E-state index in [2.05, 4.69) is 56.1 Å². The monoisotopic (exact) mass is 516 g/mol. The van der Waals surface area contributed by atoms with Gasteiger partial charge in [-0.3, -0.25) is 9.59 Å². The lowest BCUT2D eigenvalue weighted by molar-refractivity contribution is -0.138. The number of nitrogens with zero attached hydrogens (tertiary/aromatic N) is 2. The quantitative estimate of drug-likeness (QED) is 0.309. The number of fused-ring (bicyclic) bond motifs is 2. The normalized spacial score (nSPS) is 18.2. The van der Waals surface area contributed by atoms with E-state index in [0.717, 1.165) is 38.2 Å². The van der Waals surface area contributed by atoms with Crippen LogP contribution in [0.15, 0.2) is 72.2 Å². The van der Waals surface area contributed by atoms with Gasteiger partial charge in [-0.25, -0.2) is 4.98 Å². The van der Waals surface area contributed by atoms with Crippen molar-refractivity contribution >= 4 is 51.4 Å². The lowest BCUT2D eigenvalue weighted by atomic mass is 9.93. The number of benzene rings is 3. The van der Waals surface area contributed by atoms with Crippen molar-refractivity contribution in [3.8, 4) is 10.6 Å². The van der Waals surface area contributed by atoms with E-state index in [-0.39, 0.29) is 23.0 Å². The van der Waals surface area contributed by atoms with Crippen molar-refractivity contribution in [3.63, 3.8) is 0 Å². The van der Waals surface area contributed by atoms with Gasteiger partial charge in [0.1, 0.15) is 5.01 Å². The number of thiazole rings is 1. The van der Waals surface area contributed by atoms with E-state index in [1.807, 2.05) is 40.6 Å². The van der Waals surface area contributed by atoms with Crippen LogP contribution in [0, 0.1) is 5.41 Å². The third-order valence-electron chi connectivity index (χ3n) is 6.22. The second-order valence-electron chi connectivity index (χ2n) is 10.3. The van der Waals surface area contributed by atoms with Gasteiger partial charge in [-0.05, 0) is 45.5 Å². The Kier molecular flexibility index (Phi) is 6.62. The van der Waals surface area contributed by atoms with Crippen LogP contribution in [-0.2, 0) is 9.59 Å². The first kappa shape index (κ1) is 24.5. The molecule has 1 aliphatic rings. The van der Waals surface area contributed by atoms with Crippen molar-refractivity contribution in [2.24, 2.45) is 5.41 Å². The molecule has 0 spiro atoms. The van der Waals surface area contributed by atoms with E-state index in [4.69, 9.17) is 0 Å². The van der Waals surface area contributed by atoms with E-state index < -0.39 is 11.2 Å². The topological polar surface area (TPSA) is 70.5 Å². The number of amides is 1. The van der Waals surface area contributed by atoms with Crippen LogP contribution in [0.1, 0.15) is 43.6 Å². The minimum Gasteiger partial charge on any atom is -0.481 e. The molecule has 36 heavy (non-hydrogen) atoms. The van der Waals surface area contributed by atoms with Crippen molar-refractivity contribution in [2.75, 3.05) is 11.4 Å². The largest absolute Gasteiger partial charge is 0.481 e. The minimum atomic E-state index is -0.970. The first-order valence-electron chi connectivity index (χ1n) is 11.9. The second-order valence-corrected chi connectivity index (χ2v) is 12.5. The van der Waals surface area contributed by atoms with Crippen LogP contribution in [0.3, 0.4) is 0 Å². The Balaban J connectivity index is 1.76. The van der Waals surface area contributed by atoms with Gasteiger partial charge in [0.05, 0.1) is 16.9 Å². The number of aliphatic carboxylic acids is 1. The number of carbonyl (C=O) groups excluding carboxylic acids is 1. The first-order chi connectivity index (χ1) is 17.2. The summed E-state index contributed by atoms with van der Waals surface area (Å²) in [6.07, 6.45) is 1.57. The number of aromatic nitrogens is 1. The van der Waals surface area contributed by atoms with Gasteiger partial charge in [0.25, 0.3) is 0 Å². The van der Waals surface area contributed by atoms with Gasteiger partial charge in [-0.2, -0.15) is 0 Å². The molecule has 1 aromatic heterocycles. The Hall–Kier alpha value is -3.16. The zero-order valence-corrected chi connectivity index (χ0v) is 22.1. The Morgan fingerprint density at radius 1 is 1.06 bits per heavy atom. The summed E-state index contributed by atoms with van der Waals surface area (Å²) in [5.41, 5.74) is 3.76. The molecule has 0 radical (unpaired) electrons. The van der Waals surface area contributed by atoms with Crippen molar-refractivity contribution in [2.45, 2.75) is 37.7 Å². The standard InChI is InChI=1S/C29H28N2O3S2/c1-29(2,3)17-31-23-12-11-19(27-30-13-14-35-27)15-22(23)26(36-24(28(31)34)16-25(32)33)21-10-6-8-18-7-4-5-9-20(18)21/h4-15,24,26H,16-17H2,1-3H3,(H,32,33)/t24-,26-/m0/s1. The fraction of sp³-hybridized carbons (Fsp3) is 0.276. The molecule has 0 saturated heterocycles. The van der Waals surface area contributed by atoms with E-state index in [1.54, 1.807) is 17.5 Å². The lowest BCUT2D eigenvalue weighted by Crippen LogP contribution is -2.42. The van der Waals surface area contributed by atoms with Gasteiger partial charge in [-0.15, -0.1) is 23.1 Å². The maximum absolute atomic E-state index is 13.9. The molecule has 184 valence electrons. The molecule has 2 heterocycles. The number of hydrogen-bond donors (Lipinski definition) is 1. The maximum Gasteiger partial charge on any atom is 0.305 e. The molecule has 0 aliphatic carbocycles. The van der Waals surface area contributed by atoms with Crippen molar-refractivity contribution < 1.29 is 14.7 Å². The van der Waals surface area contributed by atoms with E-state index in [9.17, 15) is 14.7 Å². The summed E-state index contributed by atoms with van der Waals surface area (Å²) >= 11 is 3.02. The molecule has 5 rings (SSSR count). The van der Waals surface area contributed by atoms with Gasteiger partial charge in [0.15, 0.2) is 0 Å². The molecule has 0 unspecified atom stereocenters. The van der Waals surface area contributed by atoms with Crippen LogP contribution >= 0.6 is 23.1 Å². The third kappa shape index (κ3) is 4.90. The molecule has 4 aromatic rings. The number of anilines is 1. The third-order valence-corrected chi connectivity index (χ3v) is 8.52. The van der Waals surface area contributed by atoms with E-state index in [0.29, 0.717) is 6.54 Å². The van der Waals surface area contributed by atoms with Crippen LogP contribution in [0.4, 0.5) is 5.69 Å². The van der Waals surface area contributed by atoms with Crippen LogP contribution in [0.2, 0.25) is 0 Å². The zero-order valence-electron chi connectivity index (χ0n) is 20.5. The molecular weight excluding hydrogens is 488 g/mol. The molecule has 1 amide bonds. The van der Waals surface area contributed by atoms with Crippen LogP contribution < -0.4 is 4.90 Å². The first-order valence-corrected chi connectivity index (χ1v) is 13.7. The minimum absolute atomic E-state index is 0.150. The molecule has 1 aliphatic heterocycles. The molecule has 0 bridgehead atoms. The highest BCUT2D eigenvalue weighted by molar-refractivity contribution is 8.01. The molecule has 2 atom stereocenters. The number of thioether (sulfide) groups is 1. The number of carboxylic acids is 1. The van der Waals surface area contributed by atoms with Crippen molar-refractivity contribution in [1.29, 1.82) is 0 Å². The predicted octanol–water partition coefficient (Wildman–Crippen LogP) is 7.02. The summed E-state index contributed by atoms with van der Waals surface area (Å²) in [5, 5.41) is 13.9. The van der Waals surface area contributed by atoms with Crippen molar-refractivity contribution in [3.05, 3.63) is 83.4 Å². The number of carbonyl (C=O) groups is 2.